The molecule has 0 aromatic carbocycles. The molecule has 2 fully saturated rings. The van der Waals surface area contributed by atoms with Crippen LogP contribution in [0.25, 0.3) is 0 Å². The smallest absolute Gasteiger partial charge is 0.454 e. The molecule has 0 amide bonds. The van der Waals surface area contributed by atoms with Crippen LogP contribution in [0, 0.1) is 11.8 Å². The molecule has 7 heteroatoms. The summed E-state index contributed by atoms with van der Waals surface area (Å²) in [6, 6.07) is -0.794. The summed E-state index contributed by atoms with van der Waals surface area (Å²) in [6.45, 7) is 0.421. The number of carboxylic acid groups (broad SMARTS) is 1. The van der Waals surface area contributed by atoms with Crippen molar-refractivity contribution >= 4 is 11.8 Å². The summed E-state index contributed by atoms with van der Waals surface area (Å²) in [5, 5.41) is 9.21. The normalized spacial score (nSPS) is 32.1. The van der Waals surface area contributed by atoms with Gasteiger partial charge in [-0.1, -0.05) is 6.42 Å². The number of carbonyl (C=O) groups excluding carboxylic acids is 1. The number of allylic oxidation sites excluding steroid dienone is 2. The zero-order valence-electron chi connectivity index (χ0n) is 11.3. The van der Waals surface area contributed by atoms with Gasteiger partial charge < -0.3 is 10.0 Å². The molecule has 3 rings (SSSR count). The van der Waals surface area contributed by atoms with E-state index in [1.807, 2.05) is 0 Å². The third-order valence-corrected chi connectivity index (χ3v) is 4.86. The number of hydrogen-bond donors (Lipinski definition) is 1. The molecule has 0 aromatic heterocycles. The van der Waals surface area contributed by atoms with E-state index >= 15 is 0 Å². The van der Waals surface area contributed by atoms with Crippen LogP contribution < -0.4 is 0 Å². The summed E-state index contributed by atoms with van der Waals surface area (Å²) in [6.07, 6.45) is -1.70. The van der Waals surface area contributed by atoms with Gasteiger partial charge in [0, 0.05) is 23.7 Å². The van der Waals surface area contributed by atoms with Crippen molar-refractivity contribution in [3.8, 4) is 0 Å². The molecule has 0 spiro atoms. The van der Waals surface area contributed by atoms with Crippen LogP contribution in [0.4, 0.5) is 13.2 Å². The molecule has 1 N–H and O–H groups in total. The molecule has 1 heterocycles. The van der Waals surface area contributed by atoms with Crippen LogP contribution in [-0.2, 0) is 9.59 Å². The minimum Gasteiger partial charge on any atom is -0.480 e. The quantitative estimate of drug-likeness (QED) is 0.869. The summed E-state index contributed by atoms with van der Waals surface area (Å²) in [4.78, 5) is 24.5. The topological polar surface area (TPSA) is 57.6 Å². The number of aliphatic carboxylic acids is 1. The molecule has 1 saturated heterocycles. The van der Waals surface area contributed by atoms with Crippen molar-refractivity contribution in [2.24, 2.45) is 11.8 Å². The van der Waals surface area contributed by atoms with Gasteiger partial charge in [0.25, 0.3) is 5.78 Å². The van der Waals surface area contributed by atoms with Crippen LogP contribution in [0.1, 0.15) is 32.1 Å². The van der Waals surface area contributed by atoms with E-state index in [1.54, 1.807) is 0 Å². The molecular formula is C14H16F3NO3. The highest BCUT2D eigenvalue weighted by molar-refractivity contribution is 6.02. The van der Waals surface area contributed by atoms with Gasteiger partial charge in [-0.05, 0) is 31.6 Å². The first-order chi connectivity index (χ1) is 9.82. The van der Waals surface area contributed by atoms with Crippen LogP contribution >= 0.6 is 0 Å². The van der Waals surface area contributed by atoms with Gasteiger partial charge in [-0.15, -0.1) is 0 Å². The summed E-state index contributed by atoms with van der Waals surface area (Å²) in [5.41, 5.74) is 0.197. The lowest BCUT2D eigenvalue weighted by molar-refractivity contribution is -0.168. The number of rotatable bonds is 3. The third kappa shape index (κ3) is 2.13. The molecule has 3 unspecified atom stereocenters. The fraction of sp³-hybridized carbons (Fsp3) is 0.714. The Kier molecular flexibility index (Phi) is 3.26. The molecule has 1 saturated carbocycles. The monoisotopic (exact) mass is 303 g/mol. The van der Waals surface area contributed by atoms with Crippen molar-refractivity contribution < 1.29 is 27.9 Å². The fourth-order valence-electron chi connectivity index (χ4n) is 4.04. The van der Waals surface area contributed by atoms with Crippen molar-refractivity contribution in [1.29, 1.82) is 0 Å². The Balaban J connectivity index is 1.98. The highest BCUT2D eigenvalue weighted by Gasteiger charge is 2.55. The molecule has 116 valence electrons. The second-order valence-electron chi connectivity index (χ2n) is 5.96. The molecule has 0 bridgehead atoms. The lowest BCUT2D eigenvalue weighted by Crippen LogP contribution is -2.47. The van der Waals surface area contributed by atoms with E-state index in [0.29, 0.717) is 31.5 Å². The number of likely N-dealkylation sites (tertiary alicyclic amines) is 1. The zero-order chi connectivity index (χ0) is 15.4. The van der Waals surface area contributed by atoms with E-state index in [2.05, 4.69) is 0 Å². The van der Waals surface area contributed by atoms with Crippen LogP contribution in [0.3, 0.4) is 0 Å². The maximum Gasteiger partial charge on any atom is 0.454 e. The van der Waals surface area contributed by atoms with Gasteiger partial charge in [0.15, 0.2) is 0 Å². The maximum absolute atomic E-state index is 12.8. The zero-order valence-corrected chi connectivity index (χ0v) is 11.3. The SMILES string of the molecule is O=C(O)C1CCCN1C1=C(C(=O)C(F)(F)F)C2CCCC12. The molecule has 3 atom stereocenters. The van der Waals surface area contributed by atoms with Gasteiger partial charge >= 0.3 is 12.1 Å². The van der Waals surface area contributed by atoms with E-state index in [1.165, 1.54) is 4.90 Å². The van der Waals surface area contributed by atoms with E-state index < -0.39 is 24.0 Å². The highest BCUT2D eigenvalue weighted by Crippen LogP contribution is 2.55. The average Bonchev–Trinajstić information content (AvgIpc) is 2.97. The Bertz CT molecular complexity index is 526. The van der Waals surface area contributed by atoms with Crippen LogP contribution in [0.2, 0.25) is 0 Å². The van der Waals surface area contributed by atoms with Gasteiger partial charge in [-0.2, -0.15) is 13.2 Å². The van der Waals surface area contributed by atoms with Crippen molar-refractivity contribution in [2.75, 3.05) is 6.54 Å². The van der Waals surface area contributed by atoms with Crippen molar-refractivity contribution in [1.82, 2.24) is 4.90 Å². The lowest BCUT2D eigenvalue weighted by Gasteiger charge is -2.43. The molecule has 1 aliphatic heterocycles. The predicted octanol–water partition coefficient (Wildman–Crippen LogP) is 2.35. The Labute approximate surface area is 119 Å². The highest BCUT2D eigenvalue weighted by atomic mass is 19.4. The first-order valence-electron chi connectivity index (χ1n) is 7.17. The molecule has 2 aliphatic carbocycles. The predicted molar refractivity (Wildman–Crippen MR) is 66.3 cm³/mol. The maximum atomic E-state index is 12.8. The number of carboxylic acids is 1. The van der Waals surface area contributed by atoms with Gasteiger partial charge in [-0.25, -0.2) is 4.79 Å². The van der Waals surface area contributed by atoms with Gasteiger partial charge in [0.2, 0.25) is 0 Å². The summed E-state index contributed by atoms with van der Waals surface area (Å²) < 4.78 is 38.3. The Morgan fingerprint density at radius 1 is 1.10 bits per heavy atom. The number of hydrogen-bond acceptors (Lipinski definition) is 3. The molecule has 3 aliphatic rings. The van der Waals surface area contributed by atoms with Crippen molar-refractivity contribution in [2.45, 2.75) is 44.3 Å². The van der Waals surface area contributed by atoms with E-state index in [4.69, 9.17) is 0 Å². The summed E-state index contributed by atoms with van der Waals surface area (Å²) >= 11 is 0. The second kappa shape index (κ2) is 4.74. The van der Waals surface area contributed by atoms with E-state index in [-0.39, 0.29) is 17.4 Å². The first kappa shape index (κ1) is 14.4. The first-order valence-corrected chi connectivity index (χ1v) is 7.17. The molecule has 0 radical (unpaired) electrons. The van der Waals surface area contributed by atoms with Gasteiger partial charge in [0.1, 0.15) is 6.04 Å². The number of alkyl halides is 3. The fourth-order valence-corrected chi connectivity index (χ4v) is 4.04. The number of halogens is 3. The minimum atomic E-state index is -4.88. The largest absolute Gasteiger partial charge is 0.480 e. The standard InChI is InChI=1S/C14H16F3NO3/c15-14(16,17)12(19)10-7-3-1-4-8(7)11(10)18-6-2-5-9(18)13(20)21/h7-9H,1-6H2,(H,20,21). The van der Waals surface area contributed by atoms with Crippen LogP contribution in [0.15, 0.2) is 11.3 Å². The van der Waals surface area contributed by atoms with Crippen molar-refractivity contribution in [3.63, 3.8) is 0 Å². The Hall–Kier alpha value is -1.53. The molecule has 0 aromatic rings. The number of nitrogens with zero attached hydrogens (tertiary/aromatic N) is 1. The minimum absolute atomic E-state index is 0.0637. The van der Waals surface area contributed by atoms with Crippen LogP contribution in [-0.4, -0.2) is 40.5 Å². The number of ketones is 1. The Morgan fingerprint density at radius 2 is 1.76 bits per heavy atom. The Morgan fingerprint density at radius 3 is 2.38 bits per heavy atom. The van der Waals surface area contributed by atoms with Crippen LogP contribution in [0.5, 0.6) is 0 Å². The second-order valence-corrected chi connectivity index (χ2v) is 5.96. The number of carbonyl (C=O) groups is 2. The molecule has 21 heavy (non-hydrogen) atoms. The number of Topliss-reactive ketones (excluding diaryl/α,β-unsaturated/α-hetero) is 1. The molecule has 4 nitrogen and oxygen atoms in total. The van der Waals surface area contributed by atoms with E-state index in [9.17, 15) is 27.9 Å². The average molecular weight is 303 g/mol. The summed E-state index contributed by atoms with van der Waals surface area (Å²) in [7, 11) is 0. The summed E-state index contributed by atoms with van der Waals surface area (Å²) in [5.74, 6) is -3.20. The van der Waals surface area contributed by atoms with Gasteiger partial charge in [0.05, 0.1) is 0 Å². The third-order valence-electron chi connectivity index (χ3n) is 4.86. The lowest BCUT2D eigenvalue weighted by atomic mass is 9.70. The van der Waals surface area contributed by atoms with Crippen molar-refractivity contribution in [3.05, 3.63) is 11.3 Å². The van der Waals surface area contributed by atoms with Gasteiger partial charge in [-0.3, -0.25) is 4.79 Å². The van der Waals surface area contributed by atoms with E-state index in [0.717, 1.165) is 12.8 Å². The number of fused-ring (bicyclic) bond motifs is 1. The molecular weight excluding hydrogens is 287 g/mol.